The van der Waals surface area contributed by atoms with E-state index in [-0.39, 0.29) is 11.6 Å². The summed E-state index contributed by atoms with van der Waals surface area (Å²) in [6.45, 7) is 7.04. The highest BCUT2D eigenvalue weighted by atomic mass is 35.5. The molecule has 2 N–H and O–H groups in total. The van der Waals surface area contributed by atoms with E-state index in [2.05, 4.69) is 20.8 Å². The second kappa shape index (κ2) is 5.17. The molecule has 1 aromatic rings. The van der Waals surface area contributed by atoms with E-state index < -0.39 is 0 Å². The van der Waals surface area contributed by atoms with E-state index in [1.54, 1.807) is 0 Å². The maximum absolute atomic E-state index is 6.41. The minimum Gasteiger partial charge on any atom is -0.487 e. The van der Waals surface area contributed by atoms with Crippen LogP contribution in [0.4, 0.5) is 0 Å². The summed E-state index contributed by atoms with van der Waals surface area (Å²) >= 11 is 6.08. The number of fused-ring (bicyclic) bond motifs is 1. The third kappa shape index (κ3) is 2.93. The van der Waals surface area contributed by atoms with Gasteiger partial charge in [-0.15, -0.1) is 0 Å². The zero-order chi connectivity index (χ0) is 15.3. The molecule has 3 heteroatoms. The first-order valence-electron chi connectivity index (χ1n) is 8.03. The SMILES string of the molecule is CC(C)(C)C1CCC2(CC1)C[C@H](N)c1cc(Cl)ccc1O2. The van der Waals surface area contributed by atoms with Crippen LogP contribution in [0, 0.1) is 11.3 Å². The smallest absolute Gasteiger partial charge is 0.125 e. The lowest BCUT2D eigenvalue weighted by molar-refractivity contribution is -0.0254. The van der Waals surface area contributed by atoms with Crippen LogP contribution in [0.3, 0.4) is 0 Å². The fourth-order valence-corrected chi connectivity index (χ4v) is 4.18. The zero-order valence-electron chi connectivity index (χ0n) is 13.3. The molecule has 1 spiro atoms. The van der Waals surface area contributed by atoms with Crippen molar-refractivity contribution in [3.8, 4) is 5.75 Å². The third-order valence-corrected chi connectivity index (χ3v) is 5.65. The zero-order valence-corrected chi connectivity index (χ0v) is 14.0. The topological polar surface area (TPSA) is 35.2 Å². The highest BCUT2D eigenvalue weighted by Gasteiger charge is 2.44. The Kier molecular flexibility index (Phi) is 3.74. The molecule has 0 aromatic heterocycles. The monoisotopic (exact) mass is 307 g/mol. The van der Waals surface area contributed by atoms with Gasteiger partial charge >= 0.3 is 0 Å². The van der Waals surface area contributed by atoms with Crippen LogP contribution in [0.1, 0.15) is 64.5 Å². The molecule has 3 rings (SSSR count). The summed E-state index contributed by atoms with van der Waals surface area (Å²) in [7, 11) is 0. The Morgan fingerprint density at radius 1 is 1.24 bits per heavy atom. The normalized spacial score (nSPS) is 32.6. The second-order valence-electron chi connectivity index (χ2n) is 7.92. The van der Waals surface area contributed by atoms with Crippen molar-refractivity contribution in [2.45, 2.75) is 64.5 Å². The fourth-order valence-electron chi connectivity index (χ4n) is 4.00. The first-order valence-corrected chi connectivity index (χ1v) is 8.41. The number of rotatable bonds is 0. The molecule has 1 aromatic carbocycles. The van der Waals surface area contributed by atoms with Crippen LogP contribution in [0.2, 0.25) is 5.02 Å². The summed E-state index contributed by atoms with van der Waals surface area (Å²) < 4.78 is 6.41. The summed E-state index contributed by atoms with van der Waals surface area (Å²) in [6.07, 6.45) is 5.62. The van der Waals surface area contributed by atoms with Gasteiger partial charge in [-0.1, -0.05) is 32.4 Å². The van der Waals surface area contributed by atoms with Crippen molar-refractivity contribution < 1.29 is 4.74 Å². The molecule has 0 unspecified atom stereocenters. The Balaban J connectivity index is 1.79. The fraction of sp³-hybridized carbons (Fsp3) is 0.667. The number of nitrogens with two attached hydrogens (primary N) is 1. The maximum atomic E-state index is 6.41. The molecule has 0 radical (unpaired) electrons. The van der Waals surface area contributed by atoms with Crippen LogP contribution < -0.4 is 10.5 Å². The van der Waals surface area contributed by atoms with Gasteiger partial charge in [0.15, 0.2) is 0 Å². The number of hydrogen-bond donors (Lipinski definition) is 1. The van der Waals surface area contributed by atoms with Gasteiger partial charge in [0.05, 0.1) is 0 Å². The number of hydrogen-bond acceptors (Lipinski definition) is 2. The average Bonchev–Trinajstić information content (AvgIpc) is 2.39. The predicted octanol–water partition coefficient (Wildman–Crippen LogP) is 5.10. The summed E-state index contributed by atoms with van der Waals surface area (Å²) in [5, 5.41) is 0.736. The minimum absolute atomic E-state index is 0.0404. The first kappa shape index (κ1) is 15.2. The lowest BCUT2D eigenvalue weighted by atomic mass is 9.66. The Morgan fingerprint density at radius 2 is 1.90 bits per heavy atom. The molecular formula is C18H26ClNO. The number of ether oxygens (including phenoxy) is 1. The molecule has 2 aliphatic rings. The van der Waals surface area contributed by atoms with Gasteiger partial charge < -0.3 is 10.5 Å². The quantitative estimate of drug-likeness (QED) is 0.724. The highest BCUT2D eigenvalue weighted by molar-refractivity contribution is 6.30. The molecule has 21 heavy (non-hydrogen) atoms. The van der Waals surface area contributed by atoms with Gasteiger partial charge in [-0.3, -0.25) is 0 Å². The molecule has 1 aliphatic heterocycles. The van der Waals surface area contributed by atoms with Crippen molar-refractivity contribution in [3.05, 3.63) is 28.8 Å². The van der Waals surface area contributed by atoms with Crippen LogP contribution >= 0.6 is 11.6 Å². The standard InChI is InChI=1S/C18H26ClNO/c1-17(2,3)12-6-8-18(9-7-12)11-15(20)14-10-13(19)4-5-16(14)21-18/h4-5,10,12,15H,6-9,11,20H2,1-3H3/t12?,15-,18?/m0/s1. The molecule has 1 aliphatic carbocycles. The molecule has 1 fully saturated rings. The summed E-state index contributed by atoms with van der Waals surface area (Å²) in [6, 6.07) is 5.87. The van der Waals surface area contributed by atoms with E-state index in [9.17, 15) is 0 Å². The second-order valence-corrected chi connectivity index (χ2v) is 8.35. The summed E-state index contributed by atoms with van der Waals surface area (Å²) in [5.41, 5.74) is 7.80. The van der Waals surface area contributed by atoms with Crippen molar-refractivity contribution in [2.24, 2.45) is 17.1 Å². The van der Waals surface area contributed by atoms with Gasteiger partial charge in [0.2, 0.25) is 0 Å². The van der Waals surface area contributed by atoms with E-state index in [1.165, 1.54) is 12.8 Å². The van der Waals surface area contributed by atoms with Crippen LogP contribution in [-0.4, -0.2) is 5.60 Å². The molecule has 0 bridgehead atoms. The van der Waals surface area contributed by atoms with E-state index in [0.29, 0.717) is 5.41 Å². The van der Waals surface area contributed by atoms with E-state index in [0.717, 1.165) is 41.5 Å². The number of halogens is 1. The Morgan fingerprint density at radius 3 is 2.52 bits per heavy atom. The Hall–Kier alpha value is -0.730. The molecule has 1 saturated carbocycles. The summed E-state index contributed by atoms with van der Waals surface area (Å²) in [5.74, 6) is 1.72. The van der Waals surface area contributed by atoms with Crippen molar-refractivity contribution in [1.29, 1.82) is 0 Å². The maximum Gasteiger partial charge on any atom is 0.125 e. The third-order valence-electron chi connectivity index (χ3n) is 5.41. The van der Waals surface area contributed by atoms with Crippen LogP contribution in [-0.2, 0) is 0 Å². The van der Waals surface area contributed by atoms with Gasteiger partial charge in [-0.25, -0.2) is 0 Å². The first-order chi connectivity index (χ1) is 9.79. The molecule has 1 atom stereocenters. The molecule has 1 heterocycles. The van der Waals surface area contributed by atoms with Gasteiger partial charge in [0, 0.05) is 23.0 Å². The van der Waals surface area contributed by atoms with Crippen molar-refractivity contribution in [3.63, 3.8) is 0 Å². The van der Waals surface area contributed by atoms with Crippen LogP contribution in [0.25, 0.3) is 0 Å². The highest BCUT2D eigenvalue weighted by Crippen LogP contribution is 2.49. The van der Waals surface area contributed by atoms with Gasteiger partial charge in [0.1, 0.15) is 11.4 Å². The largest absolute Gasteiger partial charge is 0.487 e. The Bertz CT molecular complexity index is 527. The average molecular weight is 308 g/mol. The molecule has 0 amide bonds. The molecule has 0 saturated heterocycles. The predicted molar refractivity (Wildman–Crippen MR) is 87.8 cm³/mol. The van der Waals surface area contributed by atoms with Gasteiger partial charge in [-0.2, -0.15) is 0 Å². The lowest BCUT2D eigenvalue weighted by Gasteiger charge is -2.47. The van der Waals surface area contributed by atoms with E-state index in [1.807, 2.05) is 18.2 Å². The van der Waals surface area contributed by atoms with E-state index in [4.69, 9.17) is 22.1 Å². The van der Waals surface area contributed by atoms with Crippen LogP contribution in [0.5, 0.6) is 5.75 Å². The van der Waals surface area contributed by atoms with Gasteiger partial charge in [-0.05, 0) is 55.2 Å². The molecular weight excluding hydrogens is 282 g/mol. The van der Waals surface area contributed by atoms with Crippen LogP contribution in [0.15, 0.2) is 18.2 Å². The van der Waals surface area contributed by atoms with E-state index >= 15 is 0 Å². The van der Waals surface area contributed by atoms with Crippen molar-refractivity contribution >= 4 is 11.6 Å². The summed E-state index contributed by atoms with van der Waals surface area (Å²) in [4.78, 5) is 0. The molecule has 116 valence electrons. The number of benzene rings is 1. The lowest BCUT2D eigenvalue weighted by Crippen LogP contribution is -2.46. The van der Waals surface area contributed by atoms with Crippen molar-refractivity contribution in [1.82, 2.24) is 0 Å². The Labute approximate surface area is 133 Å². The van der Waals surface area contributed by atoms with Gasteiger partial charge in [0.25, 0.3) is 0 Å². The molecule has 2 nitrogen and oxygen atoms in total. The van der Waals surface area contributed by atoms with Crippen molar-refractivity contribution in [2.75, 3.05) is 0 Å². The minimum atomic E-state index is -0.0536.